The monoisotopic (exact) mass is 308 g/mol. The summed E-state index contributed by atoms with van der Waals surface area (Å²) < 4.78 is 14.2. The summed E-state index contributed by atoms with van der Waals surface area (Å²) in [6.45, 7) is 1.99. The molecule has 0 radical (unpaired) electrons. The molecule has 1 N–H and O–H groups in total. The normalized spacial score (nSPS) is 27.3. The Morgan fingerprint density at radius 1 is 1.33 bits per heavy atom. The molecule has 114 valence electrons. The van der Waals surface area contributed by atoms with Gasteiger partial charge in [-0.15, -0.1) is 0 Å². The van der Waals surface area contributed by atoms with Crippen LogP contribution < -0.4 is 5.32 Å². The zero-order valence-electron chi connectivity index (χ0n) is 12.2. The average Bonchev–Trinajstić information content (AvgIpc) is 2.85. The molecule has 2 aliphatic heterocycles. The second-order valence-corrected chi connectivity index (χ2v) is 6.87. The summed E-state index contributed by atoms with van der Waals surface area (Å²) in [6.07, 6.45) is 2.41. The van der Waals surface area contributed by atoms with Crippen molar-refractivity contribution in [2.75, 3.05) is 11.5 Å². The lowest BCUT2D eigenvalue weighted by Crippen LogP contribution is -2.42. The van der Waals surface area contributed by atoms with Crippen LogP contribution in [0.25, 0.3) is 0 Å². The number of benzene rings is 1. The van der Waals surface area contributed by atoms with Crippen LogP contribution >= 0.6 is 11.8 Å². The lowest BCUT2D eigenvalue weighted by Gasteiger charge is -2.35. The molecular formula is C16H21FN2OS. The van der Waals surface area contributed by atoms with Gasteiger partial charge in [0.2, 0.25) is 5.91 Å². The molecule has 0 aliphatic carbocycles. The van der Waals surface area contributed by atoms with Crippen LogP contribution in [0.2, 0.25) is 0 Å². The van der Waals surface area contributed by atoms with Gasteiger partial charge in [-0.1, -0.05) is 25.1 Å². The van der Waals surface area contributed by atoms with E-state index in [2.05, 4.69) is 5.32 Å². The van der Waals surface area contributed by atoms with Gasteiger partial charge in [-0.05, 0) is 36.8 Å². The van der Waals surface area contributed by atoms with Crippen LogP contribution in [0.3, 0.4) is 0 Å². The number of thioether (sulfide) groups is 1. The fourth-order valence-corrected chi connectivity index (χ4v) is 4.31. The Hall–Kier alpha value is -1.07. The summed E-state index contributed by atoms with van der Waals surface area (Å²) >= 11 is 1.93. The van der Waals surface area contributed by atoms with Gasteiger partial charge in [0.25, 0.3) is 0 Å². The molecule has 3 rings (SSSR count). The first-order valence-electron chi connectivity index (χ1n) is 7.62. The third-order valence-corrected chi connectivity index (χ3v) is 5.43. The van der Waals surface area contributed by atoms with Gasteiger partial charge in [0, 0.05) is 11.6 Å². The van der Waals surface area contributed by atoms with E-state index in [-0.39, 0.29) is 30.0 Å². The molecule has 21 heavy (non-hydrogen) atoms. The van der Waals surface area contributed by atoms with Crippen molar-refractivity contribution in [3.63, 3.8) is 0 Å². The third-order valence-electron chi connectivity index (χ3n) is 4.38. The summed E-state index contributed by atoms with van der Waals surface area (Å²) in [7, 11) is 0. The summed E-state index contributed by atoms with van der Waals surface area (Å²) in [5.74, 6) is 2.04. The third kappa shape index (κ3) is 2.81. The lowest BCUT2D eigenvalue weighted by atomic mass is 10.1. The van der Waals surface area contributed by atoms with E-state index in [1.807, 2.05) is 29.7 Å². The highest BCUT2D eigenvalue weighted by atomic mass is 32.2. The van der Waals surface area contributed by atoms with Gasteiger partial charge >= 0.3 is 0 Å². The number of nitrogens with zero attached hydrogens (tertiary/aromatic N) is 1. The molecule has 2 unspecified atom stereocenters. The Bertz CT molecular complexity index is 519. The first kappa shape index (κ1) is 14.9. The molecule has 5 heteroatoms. The standard InChI is InChI=1S/C16H21FN2OS/c1-2-14-16(20)19(11-7-9-21-10-8-11)15(18-14)12-5-3-4-6-13(12)17/h3-6,11,14-15,18H,2,7-10H2,1H3. The van der Waals surface area contributed by atoms with Gasteiger partial charge in [0.1, 0.15) is 12.0 Å². The zero-order chi connectivity index (χ0) is 14.8. The molecule has 1 aromatic carbocycles. The number of carbonyl (C=O) groups is 1. The maximum Gasteiger partial charge on any atom is 0.241 e. The van der Waals surface area contributed by atoms with Crippen molar-refractivity contribution in [1.29, 1.82) is 0 Å². The molecule has 1 amide bonds. The van der Waals surface area contributed by atoms with Crippen LogP contribution in [0.5, 0.6) is 0 Å². The van der Waals surface area contributed by atoms with Gasteiger partial charge < -0.3 is 4.90 Å². The quantitative estimate of drug-likeness (QED) is 0.932. The number of halogens is 1. The number of rotatable bonds is 3. The van der Waals surface area contributed by atoms with Crippen LogP contribution in [0.15, 0.2) is 24.3 Å². The molecule has 2 heterocycles. The highest BCUT2D eigenvalue weighted by Crippen LogP contribution is 2.34. The molecular weight excluding hydrogens is 287 g/mol. The second kappa shape index (κ2) is 6.36. The second-order valence-electron chi connectivity index (χ2n) is 5.64. The summed E-state index contributed by atoms with van der Waals surface area (Å²) in [5, 5.41) is 3.32. The minimum Gasteiger partial charge on any atom is -0.318 e. The molecule has 3 nitrogen and oxygen atoms in total. The van der Waals surface area contributed by atoms with E-state index in [1.54, 1.807) is 12.1 Å². The van der Waals surface area contributed by atoms with Crippen LogP contribution in [0, 0.1) is 5.82 Å². The molecule has 0 saturated carbocycles. The largest absolute Gasteiger partial charge is 0.318 e. The summed E-state index contributed by atoms with van der Waals surface area (Å²) in [4.78, 5) is 14.6. The Balaban J connectivity index is 1.92. The van der Waals surface area contributed by atoms with Crippen molar-refractivity contribution in [2.24, 2.45) is 0 Å². The number of hydrogen-bond donors (Lipinski definition) is 1. The van der Waals surface area contributed by atoms with Crippen LogP contribution in [0.4, 0.5) is 4.39 Å². The van der Waals surface area contributed by atoms with E-state index in [0.717, 1.165) is 30.8 Å². The molecule has 1 aromatic rings. The highest BCUT2D eigenvalue weighted by molar-refractivity contribution is 7.99. The van der Waals surface area contributed by atoms with E-state index >= 15 is 0 Å². The lowest BCUT2D eigenvalue weighted by molar-refractivity contribution is -0.132. The first-order valence-corrected chi connectivity index (χ1v) is 8.78. The smallest absolute Gasteiger partial charge is 0.241 e. The van der Waals surface area contributed by atoms with Gasteiger partial charge in [-0.25, -0.2) is 4.39 Å². The van der Waals surface area contributed by atoms with Crippen molar-refractivity contribution in [3.8, 4) is 0 Å². The van der Waals surface area contributed by atoms with Crippen molar-refractivity contribution in [1.82, 2.24) is 10.2 Å². The fraction of sp³-hybridized carbons (Fsp3) is 0.562. The van der Waals surface area contributed by atoms with Crippen LogP contribution in [-0.4, -0.2) is 34.4 Å². The van der Waals surface area contributed by atoms with Crippen LogP contribution in [-0.2, 0) is 4.79 Å². The Labute approximate surface area is 129 Å². The minimum atomic E-state index is -0.322. The number of amides is 1. The van der Waals surface area contributed by atoms with E-state index in [4.69, 9.17) is 0 Å². The molecule has 0 spiro atoms. The minimum absolute atomic E-state index is 0.127. The summed E-state index contributed by atoms with van der Waals surface area (Å²) in [5.41, 5.74) is 0.583. The van der Waals surface area contributed by atoms with Crippen LogP contribution in [0.1, 0.15) is 37.9 Å². The Morgan fingerprint density at radius 2 is 2.05 bits per heavy atom. The molecule has 2 saturated heterocycles. The van der Waals surface area contributed by atoms with Crippen molar-refractivity contribution < 1.29 is 9.18 Å². The Morgan fingerprint density at radius 3 is 2.71 bits per heavy atom. The maximum absolute atomic E-state index is 14.2. The van der Waals surface area contributed by atoms with E-state index in [9.17, 15) is 9.18 Å². The van der Waals surface area contributed by atoms with Crippen molar-refractivity contribution >= 4 is 17.7 Å². The summed E-state index contributed by atoms with van der Waals surface area (Å²) in [6, 6.07) is 6.81. The van der Waals surface area contributed by atoms with Gasteiger partial charge in [0.15, 0.2) is 0 Å². The SMILES string of the molecule is CCC1NC(c2ccccc2F)N(C2CCSCC2)C1=O. The van der Waals surface area contributed by atoms with E-state index in [0.29, 0.717) is 5.56 Å². The zero-order valence-corrected chi connectivity index (χ0v) is 13.0. The van der Waals surface area contributed by atoms with Crippen molar-refractivity contribution in [2.45, 2.75) is 44.4 Å². The van der Waals surface area contributed by atoms with Gasteiger partial charge in [-0.2, -0.15) is 11.8 Å². The fourth-order valence-electron chi connectivity index (χ4n) is 3.23. The molecule has 0 aromatic heterocycles. The number of nitrogens with one attached hydrogen (secondary N) is 1. The van der Waals surface area contributed by atoms with Gasteiger partial charge in [0.05, 0.1) is 6.04 Å². The molecule has 2 atom stereocenters. The first-order chi connectivity index (χ1) is 10.2. The number of hydrogen-bond acceptors (Lipinski definition) is 3. The molecule has 0 bridgehead atoms. The molecule has 2 aliphatic rings. The predicted octanol–water partition coefficient (Wildman–Crippen LogP) is 2.93. The highest BCUT2D eigenvalue weighted by Gasteiger charge is 2.43. The van der Waals surface area contributed by atoms with Crippen molar-refractivity contribution in [3.05, 3.63) is 35.6 Å². The number of carbonyl (C=O) groups excluding carboxylic acids is 1. The molecule has 2 fully saturated rings. The Kier molecular flexibility index (Phi) is 4.50. The average molecular weight is 308 g/mol. The van der Waals surface area contributed by atoms with E-state index in [1.165, 1.54) is 6.07 Å². The maximum atomic E-state index is 14.2. The topological polar surface area (TPSA) is 32.3 Å². The van der Waals surface area contributed by atoms with Gasteiger partial charge in [-0.3, -0.25) is 10.1 Å². The van der Waals surface area contributed by atoms with E-state index < -0.39 is 0 Å². The predicted molar refractivity (Wildman–Crippen MR) is 83.5 cm³/mol.